The maximum atomic E-state index is 3.67. The third-order valence-corrected chi connectivity index (χ3v) is 4.06. The van der Waals surface area contributed by atoms with Crippen LogP contribution < -0.4 is 5.32 Å². The Labute approximate surface area is 104 Å². The fourth-order valence-electron chi connectivity index (χ4n) is 2.96. The highest BCUT2D eigenvalue weighted by atomic mass is 15.3. The van der Waals surface area contributed by atoms with Gasteiger partial charge in [-0.3, -0.25) is 4.90 Å². The summed E-state index contributed by atoms with van der Waals surface area (Å²) in [5.74, 6) is 0. The van der Waals surface area contributed by atoms with Gasteiger partial charge in [-0.05, 0) is 45.2 Å². The molecule has 1 aliphatic carbocycles. The molecule has 0 bridgehead atoms. The molecule has 0 aromatic heterocycles. The van der Waals surface area contributed by atoms with E-state index in [-0.39, 0.29) is 0 Å². The van der Waals surface area contributed by atoms with Crippen LogP contribution in [0.4, 0.5) is 5.69 Å². The Kier molecular flexibility index (Phi) is 2.83. The zero-order chi connectivity index (χ0) is 11.8. The smallest absolute Gasteiger partial charge is 0.0403 e. The lowest BCUT2D eigenvalue weighted by Gasteiger charge is -2.20. The number of nitrogens with zero attached hydrogens (tertiary/aromatic N) is 1. The number of likely N-dealkylation sites (tertiary alicyclic amines) is 1. The first-order valence-corrected chi connectivity index (χ1v) is 6.81. The Morgan fingerprint density at radius 3 is 2.53 bits per heavy atom. The van der Waals surface area contributed by atoms with E-state index < -0.39 is 0 Å². The van der Waals surface area contributed by atoms with Gasteiger partial charge in [0.2, 0.25) is 0 Å². The molecule has 1 aromatic carbocycles. The highest BCUT2D eigenvalue weighted by Crippen LogP contribution is 2.34. The third kappa shape index (κ3) is 2.47. The predicted molar refractivity (Wildman–Crippen MR) is 72.4 cm³/mol. The molecule has 2 fully saturated rings. The van der Waals surface area contributed by atoms with Gasteiger partial charge in [0.1, 0.15) is 0 Å². The largest absolute Gasteiger partial charge is 0.381 e. The van der Waals surface area contributed by atoms with Gasteiger partial charge in [-0.25, -0.2) is 0 Å². The summed E-state index contributed by atoms with van der Waals surface area (Å²) in [6.07, 6.45) is 4.12. The fraction of sp³-hybridized carbons (Fsp3) is 0.600. The Balaban J connectivity index is 1.61. The molecule has 1 aromatic rings. The summed E-state index contributed by atoms with van der Waals surface area (Å²) >= 11 is 0. The lowest BCUT2D eigenvalue weighted by molar-refractivity contribution is 0.257. The second-order valence-electron chi connectivity index (χ2n) is 5.72. The zero-order valence-corrected chi connectivity index (χ0v) is 10.8. The predicted octanol–water partition coefficient (Wildman–Crippen LogP) is 3.03. The van der Waals surface area contributed by atoms with Crippen LogP contribution >= 0.6 is 0 Å². The number of hydrogen-bond donors (Lipinski definition) is 1. The van der Waals surface area contributed by atoms with Crippen LogP contribution in [0.3, 0.4) is 0 Å². The first-order chi connectivity index (χ1) is 8.22. The van der Waals surface area contributed by atoms with Crippen molar-refractivity contribution in [1.29, 1.82) is 0 Å². The number of rotatable bonds is 3. The lowest BCUT2D eigenvalue weighted by atomic mass is 10.1. The molecule has 1 aliphatic heterocycles. The topological polar surface area (TPSA) is 15.3 Å². The van der Waals surface area contributed by atoms with Gasteiger partial charge in [-0.1, -0.05) is 17.7 Å². The molecular weight excluding hydrogens is 208 g/mol. The molecule has 17 heavy (non-hydrogen) atoms. The van der Waals surface area contributed by atoms with E-state index in [0.717, 1.165) is 12.1 Å². The van der Waals surface area contributed by atoms with E-state index in [1.807, 2.05) is 0 Å². The van der Waals surface area contributed by atoms with E-state index in [2.05, 4.69) is 48.3 Å². The van der Waals surface area contributed by atoms with Gasteiger partial charge >= 0.3 is 0 Å². The number of nitrogens with one attached hydrogen (secondary N) is 1. The summed E-state index contributed by atoms with van der Waals surface area (Å²) in [5.41, 5.74) is 2.60. The molecule has 1 saturated heterocycles. The van der Waals surface area contributed by atoms with Crippen molar-refractivity contribution in [3.63, 3.8) is 0 Å². The lowest BCUT2D eigenvalue weighted by Crippen LogP contribution is -2.30. The summed E-state index contributed by atoms with van der Waals surface area (Å²) in [5, 5.41) is 3.67. The normalized spacial score (nSPS) is 29.5. The molecule has 92 valence electrons. The molecule has 3 rings (SSSR count). The van der Waals surface area contributed by atoms with Gasteiger partial charge in [0.05, 0.1) is 0 Å². The molecule has 0 spiro atoms. The van der Waals surface area contributed by atoms with Crippen molar-refractivity contribution in [1.82, 2.24) is 4.90 Å². The van der Waals surface area contributed by atoms with Crippen LogP contribution in [0, 0.1) is 6.92 Å². The van der Waals surface area contributed by atoms with E-state index in [1.54, 1.807) is 0 Å². The molecule has 2 aliphatic rings. The van der Waals surface area contributed by atoms with Crippen LogP contribution in [0.5, 0.6) is 0 Å². The van der Waals surface area contributed by atoms with Crippen molar-refractivity contribution < 1.29 is 0 Å². The van der Waals surface area contributed by atoms with E-state index >= 15 is 0 Å². The van der Waals surface area contributed by atoms with E-state index in [4.69, 9.17) is 0 Å². The van der Waals surface area contributed by atoms with E-state index in [9.17, 15) is 0 Å². The quantitative estimate of drug-likeness (QED) is 0.858. The molecule has 1 heterocycles. The minimum Gasteiger partial charge on any atom is -0.381 e. The van der Waals surface area contributed by atoms with Gasteiger partial charge in [0.15, 0.2) is 0 Å². The second kappa shape index (κ2) is 4.34. The number of benzene rings is 1. The third-order valence-electron chi connectivity index (χ3n) is 4.06. The van der Waals surface area contributed by atoms with Crippen LogP contribution in [-0.4, -0.2) is 29.6 Å². The minimum atomic E-state index is 0.633. The van der Waals surface area contributed by atoms with Crippen molar-refractivity contribution in [3.8, 4) is 0 Å². The zero-order valence-electron chi connectivity index (χ0n) is 10.8. The molecule has 1 saturated carbocycles. The molecule has 2 nitrogen and oxygen atoms in total. The Morgan fingerprint density at radius 2 is 1.88 bits per heavy atom. The highest BCUT2D eigenvalue weighted by Gasteiger charge is 2.38. The molecule has 2 atom stereocenters. The number of hydrogen-bond acceptors (Lipinski definition) is 2. The maximum absolute atomic E-state index is 3.67. The van der Waals surface area contributed by atoms with Crippen LogP contribution in [0.1, 0.15) is 31.7 Å². The molecule has 2 unspecified atom stereocenters. The van der Waals surface area contributed by atoms with Gasteiger partial charge in [-0.15, -0.1) is 0 Å². The fourth-order valence-corrected chi connectivity index (χ4v) is 2.96. The van der Waals surface area contributed by atoms with Crippen LogP contribution in [0.2, 0.25) is 0 Å². The summed E-state index contributed by atoms with van der Waals surface area (Å²) in [6.45, 7) is 5.73. The van der Waals surface area contributed by atoms with Gasteiger partial charge in [0, 0.05) is 30.4 Å². The van der Waals surface area contributed by atoms with E-state index in [1.165, 1.54) is 37.1 Å². The van der Waals surface area contributed by atoms with Crippen molar-refractivity contribution in [2.45, 2.75) is 51.2 Å². The molecule has 2 heteroatoms. The standard InChI is InChI=1S/C15H22N2/c1-11-3-5-13(6-4-11)16-14-9-12(2)17(10-14)15-7-8-15/h3-6,12,14-16H,7-10H2,1-2H3. The summed E-state index contributed by atoms with van der Waals surface area (Å²) in [7, 11) is 0. The van der Waals surface area contributed by atoms with Crippen LogP contribution in [0.15, 0.2) is 24.3 Å². The molecule has 0 radical (unpaired) electrons. The summed E-state index contributed by atoms with van der Waals surface area (Å²) in [6, 6.07) is 11.0. The van der Waals surface area contributed by atoms with Gasteiger partial charge in [0.25, 0.3) is 0 Å². The van der Waals surface area contributed by atoms with E-state index in [0.29, 0.717) is 6.04 Å². The maximum Gasteiger partial charge on any atom is 0.0403 e. The van der Waals surface area contributed by atoms with Crippen molar-refractivity contribution in [3.05, 3.63) is 29.8 Å². The average Bonchev–Trinajstić information content (AvgIpc) is 3.08. The molecule has 1 N–H and O–H groups in total. The Bertz CT molecular complexity index is 380. The first-order valence-electron chi connectivity index (χ1n) is 6.81. The average molecular weight is 230 g/mol. The summed E-state index contributed by atoms with van der Waals surface area (Å²) in [4.78, 5) is 2.69. The number of anilines is 1. The van der Waals surface area contributed by atoms with Crippen LogP contribution in [-0.2, 0) is 0 Å². The van der Waals surface area contributed by atoms with Crippen molar-refractivity contribution in [2.75, 3.05) is 11.9 Å². The first kappa shape index (κ1) is 11.1. The monoisotopic (exact) mass is 230 g/mol. The highest BCUT2D eigenvalue weighted by molar-refractivity contribution is 5.45. The number of aryl methyl sites for hydroxylation is 1. The second-order valence-corrected chi connectivity index (χ2v) is 5.72. The van der Waals surface area contributed by atoms with Gasteiger partial charge in [-0.2, -0.15) is 0 Å². The molecular formula is C15H22N2. The van der Waals surface area contributed by atoms with Crippen molar-refractivity contribution in [2.24, 2.45) is 0 Å². The Hall–Kier alpha value is -1.02. The Morgan fingerprint density at radius 1 is 1.18 bits per heavy atom. The SMILES string of the molecule is Cc1ccc(NC2CC(C)N(C3CC3)C2)cc1. The minimum absolute atomic E-state index is 0.633. The summed E-state index contributed by atoms with van der Waals surface area (Å²) < 4.78 is 0. The van der Waals surface area contributed by atoms with Gasteiger partial charge < -0.3 is 5.32 Å². The van der Waals surface area contributed by atoms with Crippen molar-refractivity contribution >= 4 is 5.69 Å². The molecule has 0 amide bonds. The van der Waals surface area contributed by atoms with Crippen LogP contribution in [0.25, 0.3) is 0 Å².